The van der Waals surface area contributed by atoms with Gasteiger partial charge in [0, 0.05) is 5.46 Å². The normalized spacial score (nSPS) is 19.4. The van der Waals surface area contributed by atoms with E-state index in [2.05, 4.69) is 4.74 Å². The largest absolute Gasteiger partial charge is 0.498 e. The molecule has 2 rings (SSSR count). The fraction of sp³-hybridized carbons (Fsp3) is 0.500. The number of carbonyl (C=O) groups excluding carboxylic acids is 1. The fourth-order valence-electron chi connectivity index (χ4n) is 2.04. The summed E-state index contributed by atoms with van der Waals surface area (Å²) in [4.78, 5) is 11.3. The number of methoxy groups -OCH3 is 1. The molecule has 120 valence electrons. The van der Waals surface area contributed by atoms with Gasteiger partial charge in [0.1, 0.15) is 11.4 Å². The van der Waals surface area contributed by atoms with Crippen molar-refractivity contribution in [2.24, 2.45) is 0 Å². The molecule has 1 aromatic carbocycles. The summed E-state index contributed by atoms with van der Waals surface area (Å²) in [5, 5.41) is 0. The van der Waals surface area contributed by atoms with Gasteiger partial charge in [0.15, 0.2) is 11.6 Å². The summed E-state index contributed by atoms with van der Waals surface area (Å²) in [6, 6.07) is 0.687. The molecule has 1 heterocycles. The van der Waals surface area contributed by atoms with Gasteiger partial charge in [-0.1, -0.05) is 0 Å². The van der Waals surface area contributed by atoms with Crippen LogP contribution in [0.4, 0.5) is 13.2 Å². The molecule has 0 spiro atoms. The lowest BCUT2D eigenvalue weighted by molar-refractivity contribution is 0.00578. The monoisotopic (exact) mass is 316 g/mol. The van der Waals surface area contributed by atoms with Crippen molar-refractivity contribution < 1.29 is 32.0 Å². The second kappa shape index (κ2) is 5.28. The molecule has 0 atom stereocenters. The molecular formula is C14H16BF3O4. The van der Waals surface area contributed by atoms with Crippen LogP contribution in [0.25, 0.3) is 0 Å². The third kappa shape index (κ3) is 2.50. The molecule has 22 heavy (non-hydrogen) atoms. The molecule has 1 saturated heterocycles. The maximum atomic E-state index is 14.2. The Kier molecular flexibility index (Phi) is 4.04. The molecule has 0 saturated carbocycles. The van der Waals surface area contributed by atoms with Crippen LogP contribution in [0.15, 0.2) is 6.07 Å². The molecule has 0 aromatic heterocycles. The molecule has 0 unspecified atom stereocenters. The number of benzene rings is 1. The highest BCUT2D eigenvalue weighted by molar-refractivity contribution is 6.62. The number of esters is 1. The Bertz CT molecular complexity index is 615. The highest BCUT2D eigenvalue weighted by Gasteiger charge is 2.53. The maximum absolute atomic E-state index is 14.2. The van der Waals surface area contributed by atoms with Crippen LogP contribution >= 0.6 is 0 Å². The number of carbonyl (C=O) groups is 1. The lowest BCUT2D eigenvalue weighted by atomic mass is 9.78. The molecule has 1 aliphatic rings. The summed E-state index contributed by atoms with van der Waals surface area (Å²) in [6.45, 7) is 6.89. The van der Waals surface area contributed by atoms with E-state index in [1.807, 2.05) is 0 Å². The van der Waals surface area contributed by atoms with Crippen LogP contribution in [-0.2, 0) is 14.0 Å². The number of ether oxygens (including phenoxy) is 1. The minimum Gasteiger partial charge on any atom is -0.465 e. The van der Waals surface area contributed by atoms with Gasteiger partial charge >= 0.3 is 13.1 Å². The highest BCUT2D eigenvalue weighted by Crippen LogP contribution is 2.36. The van der Waals surface area contributed by atoms with Crippen molar-refractivity contribution in [1.82, 2.24) is 0 Å². The Morgan fingerprint density at radius 1 is 1.09 bits per heavy atom. The number of hydrogen-bond donors (Lipinski definition) is 0. The van der Waals surface area contributed by atoms with E-state index in [1.165, 1.54) is 0 Å². The third-order valence-corrected chi connectivity index (χ3v) is 4.08. The van der Waals surface area contributed by atoms with Gasteiger partial charge in [-0.3, -0.25) is 0 Å². The zero-order valence-corrected chi connectivity index (χ0v) is 12.9. The molecule has 0 N–H and O–H groups in total. The van der Waals surface area contributed by atoms with Crippen LogP contribution in [-0.4, -0.2) is 31.4 Å². The molecule has 1 fully saturated rings. The molecule has 0 bridgehead atoms. The molecule has 1 aromatic rings. The van der Waals surface area contributed by atoms with Crippen LogP contribution in [0.1, 0.15) is 38.1 Å². The highest BCUT2D eigenvalue weighted by atomic mass is 19.2. The van der Waals surface area contributed by atoms with Crippen molar-refractivity contribution in [2.45, 2.75) is 38.9 Å². The number of hydrogen-bond acceptors (Lipinski definition) is 4. The Hall–Kier alpha value is -1.54. The van der Waals surface area contributed by atoms with Gasteiger partial charge in [0.2, 0.25) is 0 Å². The van der Waals surface area contributed by atoms with E-state index in [0.717, 1.165) is 7.11 Å². The first-order chi connectivity index (χ1) is 10.0. The molecule has 0 aliphatic carbocycles. The second-order valence-corrected chi connectivity index (χ2v) is 6.03. The maximum Gasteiger partial charge on any atom is 0.498 e. The van der Waals surface area contributed by atoms with Gasteiger partial charge < -0.3 is 14.0 Å². The van der Waals surface area contributed by atoms with E-state index >= 15 is 0 Å². The predicted molar refractivity (Wildman–Crippen MR) is 73.4 cm³/mol. The first-order valence-electron chi connectivity index (χ1n) is 6.63. The summed E-state index contributed by atoms with van der Waals surface area (Å²) in [5.41, 5.74) is -3.11. The Morgan fingerprint density at radius 3 is 2.05 bits per heavy atom. The van der Waals surface area contributed by atoms with E-state index < -0.39 is 52.8 Å². The van der Waals surface area contributed by atoms with Crippen molar-refractivity contribution in [2.75, 3.05) is 7.11 Å². The van der Waals surface area contributed by atoms with E-state index in [0.29, 0.717) is 6.07 Å². The summed E-state index contributed by atoms with van der Waals surface area (Å²) in [6.07, 6.45) is 0. The summed E-state index contributed by atoms with van der Waals surface area (Å²) >= 11 is 0. The SMILES string of the molecule is COC(=O)c1c(F)cc(B2OC(C)(C)C(C)(C)O2)c(F)c1F. The zero-order valence-electron chi connectivity index (χ0n) is 12.9. The van der Waals surface area contributed by atoms with Crippen LogP contribution < -0.4 is 5.46 Å². The fourth-order valence-corrected chi connectivity index (χ4v) is 2.04. The minimum atomic E-state index is -1.63. The molecule has 0 radical (unpaired) electrons. The zero-order chi connectivity index (χ0) is 16.9. The number of rotatable bonds is 2. The van der Waals surface area contributed by atoms with Crippen LogP contribution in [0, 0.1) is 17.5 Å². The van der Waals surface area contributed by atoms with Gasteiger partial charge in [-0.05, 0) is 33.8 Å². The van der Waals surface area contributed by atoms with Crippen molar-refractivity contribution in [1.29, 1.82) is 0 Å². The van der Waals surface area contributed by atoms with Gasteiger partial charge in [-0.2, -0.15) is 0 Å². The summed E-state index contributed by atoms with van der Waals surface area (Å²) in [5.74, 6) is -5.57. The summed E-state index contributed by atoms with van der Waals surface area (Å²) in [7, 11) is -0.331. The van der Waals surface area contributed by atoms with E-state index in [1.54, 1.807) is 27.7 Å². The minimum absolute atomic E-state index is 0.443. The number of halogens is 3. The first kappa shape index (κ1) is 16.8. The second-order valence-electron chi connectivity index (χ2n) is 6.03. The average molecular weight is 316 g/mol. The summed E-state index contributed by atoms with van der Waals surface area (Å²) < 4.78 is 57.5. The van der Waals surface area contributed by atoms with Crippen LogP contribution in [0.5, 0.6) is 0 Å². The Labute approximate surface area is 126 Å². The van der Waals surface area contributed by atoms with E-state index in [9.17, 15) is 18.0 Å². The third-order valence-electron chi connectivity index (χ3n) is 4.08. The predicted octanol–water partition coefficient (Wildman–Crippen LogP) is 2.19. The molecule has 1 aliphatic heterocycles. The first-order valence-corrected chi connectivity index (χ1v) is 6.63. The average Bonchev–Trinajstić information content (AvgIpc) is 2.62. The lowest BCUT2D eigenvalue weighted by Gasteiger charge is -2.32. The molecule has 8 heteroatoms. The van der Waals surface area contributed by atoms with Crippen molar-refractivity contribution in [3.63, 3.8) is 0 Å². The van der Waals surface area contributed by atoms with Crippen molar-refractivity contribution in [3.8, 4) is 0 Å². The molecule has 0 amide bonds. The smallest absolute Gasteiger partial charge is 0.465 e. The van der Waals surface area contributed by atoms with Crippen LogP contribution in [0.2, 0.25) is 0 Å². The standard InChI is InChI=1S/C14H16BF3O4/c1-13(2)14(3,4)22-15(21-13)7-6-8(16)9(12(19)20-5)11(18)10(7)17/h6H,1-5H3. The lowest BCUT2D eigenvalue weighted by Crippen LogP contribution is -2.41. The molecular weight excluding hydrogens is 300 g/mol. The van der Waals surface area contributed by atoms with Crippen LogP contribution in [0.3, 0.4) is 0 Å². The van der Waals surface area contributed by atoms with E-state index in [4.69, 9.17) is 9.31 Å². The Balaban J connectivity index is 2.50. The topological polar surface area (TPSA) is 44.8 Å². The Morgan fingerprint density at radius 2 is 1.59 bits per heavy atom. The van der Waals surface area contributed by atoms with E-state index in [-0.39, 0.29) is 0 Å². The quantitative estimate of drug-likeness (QED) is 0.477. The van der Waals surface area contributed by atoms with Crippen molar-refractivity contribution in [3.05, 3.63) is 29.1 Å². The molecule has 4 nitrogen and oxygen atoms in total. The van der Waals surface area contributed by atoms with Gasteiger partial charge in [-0.25, -0.2) is 18.0 Å². The van der Waals surface area contributed by atoms with Gasteiger partial charge in [-0.15, -0.1) is 0 Å². The van der Waals surface area contributed by atoms with Crippen molar-refractivity contribution >= 4 is 18.6 Å². The van der Waals surface area contributed by atoms with Gasteiger partial charge in [0.05, 0.1) is 18.3 Å². The van der Waals surface area contributed by atoms with Gasteiger partial charge in [0.25, 0.3) is 0 Å².